The third-order valence-electron chi connectivity index (χ3n) is 5.10. The maximum atomic E-state index is 12.2. The van der Waals surface area contributed by atoms with Gasteiger partial charge in [0.1, 0.15) is 0 Å². The van der Waals surface area contributed by atoms with Crippen molar-refractivity contribution in [1.29, 1.82) is 0 Å². The van der Waals surface area contributed by atoms with Crippen LogP contribution in [-0.2, 0) is 16.1 Å². The van der Waals surface area contributed by atoms with E-state index < -0.39 is 0 Å². The van der Waals surface area contributed by atoms with Gasteiger partial charge in [0.25, 0.3) is 0 Å². The number of pyridine rings is 1. The number of methoxy groups -OCH3 is 1. The average molecular weight is 303 g/mol. The molecular weight excluding hydrogens is 278 g/mol. The van der Waals surface area contributed by atoms with Crippen molar-refractivity contribution in [3.05, 3.63) is 30.1 Å². The molecular formula is C17H25N3O2. The molecule has 0 bridgehead atoms. The first-order valence-electron chi connectivity index (χ1n) is 8.15. The van der Waals surface area contributed by atoms with Crippen LogP contribution in [0.25, 0.3) is 0 Å². The Labute approximate surface area is 132 Å². The van der Waals surface area contributed by atoms with E-state index in [2.05, 4.69) is 20.9 Å². The van der Waals surface area contributed by atoms with Crippen LogP contribution in [0.2, 0.25) is 0 Å². The SMILES string of the molecule is COCCN1C(=O)CCC12CCN(Cc1ccccn1)CC2. The van der Waals surface area contributed by atoms with Crippen molar-refractivity contribution in [3.63, 3.8) is 0 Å². The van der Waals surface area contributed by atoms with Gasteiger partial charge < -0.3 is 9.64 Å². The summed E-state index contributed by atoms with van der Waals surface area (Å²) < 4.78 is 5.17. The zero-order valence-corrected chi connectivity index (χ0v) is 13.3. The van der Waals surface area contributed by atoms with E-state index in [1.165, 1.54) is 0 Å². The molecule has 1 aromatic heterocycles. The summed E-state index contributed by atoms with van der Waals surface area (Å²) in [5.74, 6) is 0.301. The second-order valence-corrected chi connectivity index (χ2v) is 6.36. The second kappa shape index (κ2) is 6.75. The first-order chi connectivity index (χ1) is 10.7. The highest BCUT2D eigenvalue weighted by molar-refractivity contribution is 5.79. The number of rotatable bonds is 5. The zero-order valence-electron chi connectivity index (χ0n) is 13.3. The third-order valence-corrected chi connectivity index (χ3v) is 5.10. The molecule has 3 heterocycles. The Morgan fingerprint density at radius 3 is 2.77 bits per heavy atom. The van der Waals surface area contributed by atoms with E-state index in [-0.39, 0.29) is 5.54 Å². The molecule has 0 aromatic carbocycles. The normalized spacial score (nSPS) is 21.7. The zero-order chi connectivity index (χ0) is 15.4. The molecule has 5 heteroatoms. The smallest absolute Gasteiger partial charge is 0.223 e. The topological polar surface area (TPSA) is 45.7 Å². The molecule has 0 unspecified atom stereocenters. The minimum atomic E-state index is 0.0796. The van der Waals surface area contributed by atoms with Crippen LogP contribution < -0.4 is 0 Å². The molecule has 22 heavy (non-hydrogen) atoms. The van der Waals surface area contributed by atoms with Gasteiger partial charge in [-0.1, -0.05) is 6.07 Å². The van der Waals surface area contributed by atoms with Crippen molar-refractivity contribution in [1.82, 2.24) is 14.8 Å². The van der Waals surface area contributed by atoms with Gasteiger partial charge >= 0.3 is 0 Å². The van der Waals surface area contributed by atoms with Crippen LogP contribution in [0.5, 0.6) is 0 Å². The number of nitrogens with zero attached hydrogens (tertiary/aromatic N) is 3. The fourth-order valence-corrected chi connectivity index (χ4v) is 3.79. The van der Waals surface area contributed by atoms with Crippen molar-refractivity contribution >= 4 is 5.91 Å². The lowest BCUT2D eigenvalue weighted by Gasteiger charge is -2.45. The molecule has 5 nitrogen and oxygen atoms in total. The van der Waals surface area contributed by atoms with Crippen LogP contribution in [0.1, 0.15) is 31.4 Å². The molecule has 0 radical (unpaired) electrons. The van der Waals surface area contributed by atoms with Crippen molar-refractivity contribution < 1.29 is 9.53 Å². The quantitative estimate of drug-likeness (QED) is 0.830. The maximum absolute atomic E-state index is 12.2. The minimum absolute atomic E-state index is 0.0796. The summed E-state index contributed by atoms with van der Waals surface area (Å²) in [4.78, 5) is 21.1. The summed E-state index contributed by atoms with van der Waals surface area (Å²) in [7, 11) is 1.70. The molecule has 2 aliphatic heterocycles. The molecule has 0 aliphatic carbocycles. The van der Waals surface area contributed by atoms with Gasteiger partial charge in [0.15, 0.2) is 0 Å². The van der Waals surface area contributed by atoms with E-state index in [4.69, 9.17) is 4.74 Å². The summed E-state index contributed by atoms with van der Waals surface area (Å²) >= 11 is 0. The molecule has 1 amide bonds. The van der Waals surface area contributed by atoms with E-state index in [1.807, 2.05) is 18.3 Å². The maximum Gasteiger partial charge on any atom is 0.223 e. The Hall–Kier alpha value is -1.46. The number of aromatic nitrogens is 1. The summed E-state index contributed by atoms with van der Waals surface area (Å²) in [6.07, 6.45) is 5.68. The molecule has 0 N–H and O–H groups in total. The number of carbonyl (C=O) groups excluding carboxylic acids is 1. The number of piperidine rings is 1. The van der Waals surface area contributed by atoms with E-state index >= 15 is 0 Å². The highest BCUT2D eigenvalue weighted by atomic mass is 16.5. The largest absolute Gasteiger partial charge is 0.383 e. The highest BCUT2D eigenvalue weighted by Gasteiger charge is 2.46. The minimum Gasteiger partial charge on any atom is -0.383 e. The lowest BCUT2D eigenvalue weighted by atomic mass is 9.85. The Kier molecular flexibility index (Phi) is 4.74. The molecule has 0 atom stereocenters. The molecule has 2 aliphatic rings. The van der Waals surface area contributed by atoms with Crippen molar-refractivity contribution in [3.8, 4) is 0 Å². The van der Waals surface area contributed by atoms with Crippen LogP contribution in [-0.4, -0.2) is 59.6 Å². The van der Waals surface area contributed by atoms with Crippen LogP contribution in [0.4, 0.5) is 0 Å². The van der Waals surface area contributed by atoms with Gasteiger partial charge in [-0.2, -0.15) is 0 Å². The van der Waals surface area contributed by atoms with Crippen LogP contribution in [0, 0.1) is 0 Å². The Morgan fingerprint density at radius 2 is 2.09 bits per heavy atom. The number of likely N-dealkylation sites (tertiary alicyclic amines) is 2. The summed E-state index contributed by atoms with van der Waals surface area (Å²) in [6.45, 7) is 4.34. The lowest BCUT2D eigenvalue weighted by molar-refractivity contribution is -0.133. The van der Waals surface area contributed by atoms with E-state index in [1.54, 1.807) is 7.11 Å². The van der Waals surface area contributed by atoms with E-state index in [0.29, 0.717) is 18.9 Å². The molecule has 2 saturated heterocycles. The molecule has 3 rings (SSSR count). The number of ether oxygens (including phenoxy) is 1. The van der Waals surface area contributed by atoms with E-state index in [9.17, 15) is 4.79 Å². The standard InChI is InChI=1S/C17H25N3O2/c1-22-13-12-20-16(21)5-6-17(20)7-10-19(11-8-17)14-15-4-2-3-9-18-15/h2-4,9H,5-8,10-14H2,1H3. The van der Waals surface area contributed by atoms with Gasteiger partial charge in [-0.3, -0.25) is 14.7 Å². The summed E-state index contributed by atoms with van der Waals surface area (Å²) in [5.41, 5.74) is 1.20. The summed E-state index contributed by atoms with van der Waals surface area (Å²) in [5, 5.41) is 0. The van der Waals surface area contributed by atoms with Gasteiger partial charge in [-0.25, -0.2) is 0 Å². The summed E-state index contributed by atoms with van der Waals surface area (Å²) in [6, 6.07) is 6.07. The van der Waals surface area contributed by atoms with Gasteiger partial charge in [0.05, 0.1) is 12.3 Å². The second-order valence-electron chi connectivity index (χ2n) is 6.36. The van der Waals surface area contributed by atoms with Gasteiger partial charge in [-0.15, -0.1) is 0 Å². The van der Waals surface area contributed by atoms with Crippen LogP contribution >= 0.6 is 0 Å². The van der Waals surface area contributed by atoms with Gasteiger partial charge in [0, 0.05) is 51.4 Å². The first kappa shape index (κ1) is 15.4. The van der Waals surface area contributed by atoms with Crippen molar-refractivity contribution in [2.75, 3.05) is 33.4 Å². The first-order valence-corrected chi connectivity index (χ1v) is 8.15. The van der Waals surface area contributed by atoms with Crippen molar-refractivity contribution in [2.45, 2.75) is 37.8 Å². The average Bonchev–Trinajstić information content (AvgIpc) is 2.85. The Balaban J connectivity index is 1.59. The molecule has 0 saturated carbocycles. The predicted octanol–water partition coefficient (Wildman–Crippen LogP) is 1.68. The number of amides is 1. The monoisotopic (exact) mass is 303 g/mol. The fourth-order valence-electron chi connectivity index (χ4n) is 3.79. The molecule has 120 valence electrons. The number of hydrogen-bond donors (Lipinski definition) is 0. The number of carbonyl (C=O) groups is 1. The predicted molar refractivity (Wildman–Crippen MR) is 84.3 cm³/mol. The molecule has 1 aromatic rings. The van der Waals surface area contributed by atoms with Crippen LogP contribution in [0.15, 0.2) is 24.4 Å². The number of hydrogen-bond acceptors (Lipinski definition) is 4. The lowest BCUT2D eigenvalue weighted by Crippen LogP contribution is -2.53. The van der Waals surface area contributed by atoms with Gasteiger partial charge in [0.2, 0.25) is 5.91 Å². The van der Waals surface area contributed by atoms with Crippen molar-refractivity contribution in [2.24, 2.45) is 0 Å². The third kappa shape index (κ3) is 3.15. The Morgan fingerprint density at radius 1 is 1.27 bits per heavy atom. The Bertz CT molecular complexity index is 498. The molecule has 1 spiro atoms. The van der Waals surface area contributed by atoms with Crippen LogP contribution in [0.3, 0.4) is 0 Å². The fraction of sp³-hybridized carbons (Fsp3) is 0.647. The molecule has 2 fully saturated rings. The van der Waals surface area contributed by atoms with E-state index in [0.717, 1.165) is 51.1 Å². The highest BCUT2D eigenvalue weighted by Crippen LogP contribution is 2.39. The van der Waals surface area contributed by atoms with Gasteiger partial charge in [-0.05, 0) is 31.4 Å².